The van der Waals surface area contributed by atoms with Crippen LogP contribution in [-0.2, 0) is 4.57 Å². The highest BCUT2D eigenvalue weighted by atomic mass is 31.2. The van der Waals surface area contributed by atoms with Crippen LogP contribution in [0.3, 0.4) is 0 Å². The number of hydrogen-bond acceptors (Lipinski definition) is 1. The predicted molar refractivity (Wildman–Crippen MR) is 154 cm³/mol. The van der Waals surface area contributed by atoms with Gasteiger partial charge in [0.15, 0.2) is 7.14 Å². The van der Waals surface area contributed by atoms with Crippen LogP contribution >= 0.6 is 7.14 Å². The number of fused-ring (bicyclic) bond motifs is 3. The summed E-state index contributed by atoms with van der Waals surface area (Å²) in [5.41, 5.74) is 4.24. The van der Waals surface area contributed by atoms with Gasteiger partial charge in [-0.15, -0.1) is 0 Å². The van der Waals surface area contributed by atoms with E-state index in [0.717, 1.165) is 43.6 Å². The fourth-order valence-corrected chi connectivity index (χ4v) is 8.83. The molecule has 36 heavy (non-hydrogen) atoms. The average molecular weight is 479 g/mol. The van der Waals surface area contributed by atoms with Gasteiger partial charge in [0.2, 0.25) is 0 Å². The highest BCUT2D eigenvalue weighted by molar-refractivity contribution is 7.88. The topological polar surface area (TPSA) is 17.1 Å². The van der Waals surface area contributed by atoms with Gasteiger partial charge in [0.1, 0.15) is 0 Å². The van der Waals surface area contributed by atoms with Crippen molar-refractivity contribution in [2.24, 2.45) is 0 Å². The van der Waals surface area contributed by atoms with E-state index in [4.69, 9.17) is 0 Å². The van der Waals surface area contributed by atoms with Crippen molar-refractivity contribution in [1.82, 2.24) is 0 Å². The Bertz CT molecular complexity index is 1860. The van der Waals surface area contributed by atoms with Gasteiger partial charge in [-0.1, -0.05) is 127 Å². The molecular formula is C34H23OP. The van der Waals surface area contributed by atoms with Crippen LogP contribution in [0, 0.1) is 0 Å². The first-order chi connectivity index (χ1) is 17.7. The molecule has 0 aliphatic carbocycles. The lowest BCUT2D eigenvalue weighted by Gasteiger charge is -2.20. The lowest BCUT2D eigenvalue weighted by molar-refractivity contribution is 0.593. The van der Waals surface area contributed by atoms with Gasteiger partial charge < -0.3 is 4.57 Å². The number of rotatable bonds is 3. The second-order valence-corrected chi connectivity index (χ2v) is 12.0. The van der Waals surface area contributed by atoms with Crippen molar-refractivity contribution in [3.8, 4) is 0 Å². The van der Waals surface area contributed by atoms with Crippen molar-refractivity contribution in [3.63, 3.8) is 0 Å². The largest absolute Gasteiger partial charge is 0.309 e. The molecule has 0 fully saturated rings. The minimum absolute atomic E-state index is 0.872. The highest BCUT2D eigenvalue weighted by Crippen LogP contribution is 2.65. The maximum Gasteiger partial charge on any atom is 0.172 e. The van der Waals surface area contributed by atoms with Crippen molar-refractivity contribution >= 4 is 50.2 Å². The molecule has 0 saturated heterocycles. The van der Waals surface area contributed by atoms with Crippen molar-refractivity contribution in [2.75, 3.05) is 0 Å². The third-order valence-electron chi connectivity index (χ3n) is 7.25. The second-order valence-electron chi connectivity index (χ2n) is 9.31. The molecule has 1 atom stereocenters. The third kappa shape index (κ3) is 3.14. The molecule has 0 spiro atoms. The summed E-state index contributed by atoms with van der Waals surface area (Å²) in [6, 6.07) is 48.1. The molecule has 2 heteroatoms. The maximum atomic E-state index is 15.5. The summed E-state index contributed by atoms with van der Waals surface area (Å²) in [7, 11) is -3.12. The average Bonchev–Trinajstić information content (AvgIpc) is 3.22. The zero-order valence-electron chi connectivity index (χ0n) is 19.6. The van der Waals surface area contributed by atoms with E-state index in [1.807, 2.05) is 36.4 Å². The van der Waals surface area contributed by atoms with E-state index in [0.29, 0.717) is 0 Å². The monoisotopic (exact) mass is 478 g/mol. The van der Waals surface area contributed by atoms with Crippen molar-refractivity contribution in [3.05, 3.63) is 156 Å². The Morgan fingerprint density at radius 1 is 0.444 bits per heavy atom. The summed E-state index contributed by atoms with van der Waals surface area (Å²) in [5, 5.41) is 7.43. The van der Waals surface area contributed by atoms with E-state index in [2.05, 4.69) is 103 Å². The normalized spacial score (nSPS) is 17.0. The molecule has 0 aromatic heterocycles. The molecule has 170 valence electrons. The van der Waals surface area contributed by atoms with Gasteiger partial charge in [-0.3, -0.25) is 0 Å². The van der Waals surface area contributed by atoms with Crippen LogP contribution in [0.15, 0.2) is 140 Å². The molecule has 1 aliphatic rings. The van der Waals surface area contributed by atoms with Gasteiger partial charge in [-0.05, 0) is 50.4 Å². The van der Waals surface area contributed by atoms with Crippen molar-refractivity contribution in [1.29, 1.82) is 0 Å². The summed E-state index contributed by atoms with van der Waals surface area (Å²) in [6.07, 6.45) is 0. The second kappa shape index (κ2) is 8.19. The van der Waals surface area contributed by atoms with Gasteiger partial charge in [0.05, 0.1) is 0 Å². The molecule has 1 aliphatic heterocycles. The molecule has 0 N–H and O–H groups in total. The van der Waals surface area contributed by atoms with E-state index in [-0.39, 0.29) is 0 Å². The van der Waals surface area contributed by atoms with Gasteiger partial charge in [0.25, 0.3) is 0 Å². The summed E-state index contributed by atoms with van der Waals surface area (Å²) < 4.78 is 15.5. The number of benzene rings is 6. The lowest BCUT2D eigenvalue weighted by atomic mass is 9.93. The zero-order chi connectivity index (χ0) is 24.1. The molecular weight excluding hydrogens is 455 g/mol. The van der Waals surface area contributed by atoms with E-state index in [9.17, 15) is 0 Å². The Morgan fingerprint density at radius 2 is 0.972 bits per heavy atom. The van der Waals surface area contributed by atoms with Gasteiger partial charge in [0, 0.05) is 21.5 Å². The lowest BCUT2D eigenvalue weighted by Crippen LogP contribution is -2.15. The SMILES string of the molecule is O=P1(c2ccccc2)C(c2ccc3ccccc3c2)=C(c2ccc3ccccc3c2)c2ccccc21. The van der Waals surface area contributed by atoms with E-state index in [1.54, 1.807) is 0 Å². The molecule has 0 saturated carbocycles. The molecule has 7 rings (SSSR count). The molecule has 0 amide bonds. The summed E-state index contributed by atoms with van der Waals surface area (Å²) in [6.45, 7) is 0. The fourth-order valence-electron chi connectivity index (χ4n) is 5.57. The minimum Gasteiger partial charge on any atom is -0.309 e. The number of hydrogen-bond donors (Lipinski definition) is 0. The van der Waals surface area contributed by atoms with Crippen LogP contribution < -0.4 is 10.6 Å². The third-order valence-corrected chi connectivity index (χ3v) is 10.5. The zero-order valence-corrected chi connectivity index (χ0v) is 20.5. The summed E-state index contributed by atoms with van der Waals surface area (Å²) >= 11 is 0. The first kappa shape index (κ1) is 21.1. The van der Waals surface area contributed by atoms with Gasteiger partial charge in [-0.2, -0.15) is 0 Å². The minimum atomic E-state index is -3.12. The van der Waals surface area contributed by atoms with Crippen LogP contribution in [0.5, 0.6) is 0 Å². The Balaban J connectivity index is 1.62. The first-order valence-electron chi connectivity index (χ1n) is 12.2. The molecule has 0 radical (unpaired) electrons. The first-order valence-corrected chi connectivity index (χ1v) is 13.9. The van der Waals surface area contributed by atoms with E-state index in [1.165, 1.54) is 16.2 Å². The summed E-state index contributed by atoms with van der Waals surface area (Å²) in [4.78, 5) is 0. The van der Waals surface area contributed by atoms with E-state index >= 15 is 4.57 Å². The van der Waals surface area contributed by atoms with Gasteiger partial charge >= 0.3 is 0 Å². The highest BCUT2D eigenvalue weighted by Gasteiger charge is 2.43. The molecule has 1 unspecified atom stereocenters. The van der Waals surface area contributed by atoms with E-state index < -0.39 is 7.14 Å². The van der Waals surface area contributed by atoms with Crippen molar-refractivity contribution in [2.45, 2.75) is 0 Å². The fraction of sp³-hybridized carbons (Fsp3) is 0. The molecule has 6 aromatic rings. The standard InChI is InChI=1S/C34H23OP/c35-36(30-14-2-1-3-15-30)32-17-9-8-16-31(32)33(28-20-18-24-10-4-6-12-26(24)22-28)34(36)29-21-19-25-11-5-7-13-27(25)23-29/h1-23H. The molecule has 1 nitrogen and oxygen atoms in total. The van der Waals surface area contributed by atoms with Crippen LogP contribution in [0.25, 0.3) is 32.4 Å². The Morgan fingerprint density at radius 3 is 1.67 bits per heavy atom. The molecule has 0 bridgehead atoms. The van der Waals surface area contributed by atoms with Crippen LogP contribution in [-0.4, -0.2) is 0 Å². The van der Waals surface area contributed by atoms with Crippen molar-refractivity contribution < 1.29 is 4.57 Å². The van der Waals surface area contributed by atoms with Crippen LogP contribution in [0.4, 0.5) is 0 Å². The van der Waals surface area contributed by atoms with Crippen LogP contribution in [0.2, 0.25) is 0 Å². The van der Waals surface area contributed by atoms with Gasteiger partial charge in [-0.25, -0.2) is 0 Å². The molecule has 6 aromatic carbocycles. The smallest absolute Gasteiger partial charge is 0.172 e. The predicted octanol–water partition coefficient (Wildman–Crippen LogP) is 8.24. The quantitative estimate of drug-likeness (QED) is 0.234. The summed E-state index contributed by atoms with van der Waals surface area (Å²) in [5.74, 6) is 0. The Labute approximate surface area is 210 Å². The van der Waals surface area contributed by atoms with Crippen LogP contribution in [0.1, 0.15) is 16.7 Å². The Kier molecular flexibility index (Phi) is 4.81. The maximum absolute atomic E-state index is 15.5. The molecule has 1 heterocycles. The Hall–Kier alpha value is -4.19.